The molecule has 3 atom stereocenters. The van der Waals surface area contributed by atoms with E-state index in [1.54, 1.807) is 7.11 Å². The van der Waals surface area contributed by atoms with E-state index in [2.05, 4.69) is 19.2 Å². The van der Waals surface area contributed by atoms with Gasteiger partial charge in [-0.15, -0.1) is 0 Å². The van der Waals surface area contributed by atoms with Gasteiger partial charge in [0.05, 0.1) is 12.6 Å². The Morgan fingerprint density at radius 2 is 2.00 bits per heavy atom. The monoisotopic (exact) mass is 313 g/mol. The number of nitrogens with one attached hydrogen (secondary N) is 1. The molecule has 128 valence electrons. The van der Waals surface area contributed by atoms with Gasteiger partial charge < -0.3 is 14.8 Å². The maximum atomic E-state index is 12.3. The Kier molecular flexibility index (Phi) is 6.85. The summed E-state index contributed by atoms with van der Waals surface area (Å²) in [5.74, 6) is 1.09. The first-order chi connectivity index (χ1) is 10.1. The van der Waals surface area contributed by atoms with E-state index in [4.69, 9.17) is 9.47 Å². The van der Waals surface area contributed by atoms with Crippen molar-refractivity contribution in [3.63, 3.8) is 0 Å². The number of ketones is 1. The summed E-state index contributed by atoms with van der Waals surface area (Å²) < 4.78 is 10.5. The van der Waals surface area contributed by atoms with Crippen LogP contribution in [0, 0.1) is 17.8 Å². The quantitative estimate of drug-likeness (QED) is 0.846. The van der Waals surface area contributed by atoms with Crippen LogP contribution in [0.25, 0.3) is 0 Å². The minimum absolute atomic E-state index is 0.186. The second-order valence-electron chi connectivity index (χ2n) is 7.56. The number of carbonyl (C=O) groups is 2. The van der Waals surface area contributed by atoms with E-state index >= 15 is 0 Å². The van der Waals surface area contributed by atoms with Gasteiger partial charge in [0.2, 0.25) is 0 Å². The number of ether oxygens (including phenoxy) is 2. The lowest BCUT2D eigenvalue weighted by Gasteiger charge is -2.35. The lowest BCUT2D eigenvalue weighted by molar-refractivity contribution is -0.127. The molecule has 0 aromatic heterocycles. The maximum absolute atomic E-state index is 12.3. The third kappa shape index (κ3) is 5.95. The number of hydrogen-bond donors (Lipinski definition) is 1. The molecule has 0 heterocycles. The SMILES string of the molecule is COCC(NC(=O)OC(C)(C)C)C1CC(C(C)C)CCC1=O. The van der Waals surface area contributed by atoms with Crippen molar-refractivity contribution in [3.05, 3.63) is 0 Å². The second-order valence-corrected chi connectivity index (χ2v) is 7.56. The molecule has 5 heteroatoms. The Balaban J connectivity index is 2.75. The number of rotatable bonds is 5. The molecule has 1 saturated carbocycles. The number of alkyl carbamates (subject to hydrolysis) is 1. The molecule has 1 fully saturated rings. The molecular weight excluding hydrogens is 282 g/mol. The molecule has 0 radical (unpaired) electrons. The van der Waals surface area contributed by atoms with Crippen LogP contribution in [0.15, 0.2) is 0 Å². The zero-order chi connectivity index (χ0) is 16.9. The Morgan fingerprint density at radius 3 is 2.50 bits per heavy atom. The molecule has 0 aromatic rings. The summed E-state index contributed by atoms with van der Waals surface area (Å²) in [6, 6.07) is -0.325. The van der Waals surface area contributed by atoms with Crippen LogP contribution in [0.1, 0.15) is 53.9 Å². The molecule has 0 aliphatic heterocycles. The van der Waals surface area contributed by atoms with Gasteiger partial charge in [-0.3, -0.25) is 4.79 Å². The molecule has 1 aliphatic carbocycles. The third-order valence-corrected chi connectivity index (χ3v) is 4.21. The molecule has 3 unspecified atom stereocenters. The predicted molar refractivity (Wildman–Crippen MR) is 85.7 cm³/mol. The largest absolute Gasteiger partial charge is 0.444 e. The zero-order valence-corrected chi connectivity index (χ0v) is 14.8. The van der Waals surface area contributed by atoms with E-state index in [-0.39, 0.29) is 17.7 Å². The minimum Gasteiger partial charge on any atom is -0.444 e. The molecule has 0 spiro atoms. The van der Waals surface area contributed by atoms with Crippen LogP contribution >= 0.6 is 0 Å². The average molecular weight is 313 g/mol. The van der Waals surface area contributed by atoms with Crippen LogP contribution in [-0.2, 0) is 14.3 Å². The van der Waals surface area contributed by atoms with E-state index in [1.165, 1.54) is 0 Å². The molecule has 0 bridgehead atoms. The number of Topliss-reactive ketones (excluding diaryl/α,β-unsaturated/α-hetero) is 1. The van der Waals surface area contributed by atoms with Crippen molar-refractivity contribution in [3.8, 4) is 0 Å². The summed E-state index contributed by atoms with van der Waals surface area (Å²) in [5, 5.41) is 2.83. The molecule has 1 aliphatic rings. The fourth-order valence-electron chi connectivity index (χ4n) is 2.98. The lowest BCUT2D eigenvalue weighted by Crippen LogP contribution is -2.49. The molecule has 22 heavy (non-hydrogen) atoms. The highest BCUT2D eigenvalue weighted by Crippen LogP contribution is 2.33. The van der Waals surface area contributed by atoms with Gasteiger partial charge in [-0.1, -0.05) is 13.8 Å². The number of carbonyl (C=O) groups excluding carboxylic acids is 2. The number of hydrogen-bond acceptors (Lipinski definition) is 4. The zero-order valence-electron chi connectivity index (χ0n) is 14.8. The minimum atomic E-state index is -0.557. The van der Waals surface area contributed by atoms with Crippen LogP contribution < -0.4 is 5.32 Å². The van der Waals surface area contributed by atoms with Gasteiger partial charge in [-0.05, 0) is 45.4 Å². The summed E-state index contributed by atoms with van der Waals surface area (Å²) in [6.45, 7) is 10.1. The molecule has 1 rings (SSSR count). The highest BCUT2D eigenvalue weighted by molar-refractivity contribution is 5.83. The standard InChI is InChI=1S/C17H31NO4/c1-11(2)12-7-8-15(19)13(9-12)14(10-21-6)18-16(20)22-17(3,4)5/h11-14H,7-10H2,1-6H3,(H,18,20). The second kappa shape index (κ2) is 7.95. The molecular formula is C17H31NO4. The van der Waals surface area contributed by atoms with Crippen molar-refractivity contribution in [1.29, 1.82) is 0 Å². The van der Waals surface area contributed by atoms with E-state index < -0.39 is 11.7 Å². The molecule has 0 saturated heterocycles. The van der Waals surface area contributed by atoms with Crippen molar-refractivity contribution in [2.45, 2.75) is 65.5 Å². The first-order valence-corrected chi connectivity index (χ1v) is 8.15. The molecule has 1 N–H and O–H groups in total. The number of amides is 1. The van der Waals surface area contributed by atoms with Crippen LogP contribution in [0.2, 0.25) is 0 Å². The van der Waals surface area contributed by atoms with Crippen LogP contribution in [0.3, 0.4) is 0 Å². The molecule has 1 amide bonds. The average Bonchev–Trinajstić information content (AvgIpc) is 2.36. The summed E-state index contributed by atoms with van der Waals surface area (Å²) in [4.78, 5) is 24.3. The van der Waals surface area contributed by atoms with Crippen LogP contribution in [0.5, 0.6) is 0 Å². The highest BCUT2D eigenvalue weighted by Gasteiger charge is 2.36. The first-order valence-electron chi connectivity index (χ1n) is 8.15. The normalized spacial score (nSPS) is 24.2. The maximum Gasteiger partial charge on any atom is 0.407 e. The van der Waals surface area contributed by atoms with Gasteiger partial charge >= 0.3 is 6.09 Å². The Hall–Kier alpha value is -1.10. The van der Waals surface area contributed by atoms with Crippen molar-refractivity contribution < 1.29 is 19.1 Å². The van der Waals surface area contributed by atoms with Gasteiger partial charge in [0.25, 0.3) is 0 Å². The Bertz CT molecular complexity index is 387. The van der Waals surface area contributed by atoms with E-state index in [0.29, 0.717) is 24.9 Å². The van der Waals surface area contributed by atoms with Crippen LogP contribution in [0.4, 0.5) is 4.79 Å². The first kappa shape index (κ1) is 18.9. The highest BCUT2D eigenvalue weighted by atomic mass is 16.6. The van der Waals surface area contributed by atoms with Gasteiger partial charge in [0, 0.05) is 19.4 Å². The van der Waals surface area contributed by atoms with Crippen molar-refractivity contribution >= 4 is 11.9 Å². The van der Waals surface area contributed by atoms with Crippen molar-refractivity contribution in [1.82, 2.24) is 5.32 Å². The van der Waals surface area contributed by atoms with Crippen molar-refractivity contribution in [2.24, 2.45) is 17.8 Å². The summed E-state index contributed by atoms with van der Waals surface area (Å²) >= 11 is 0. The Morgan fingerprint density at radius 1 is 1.36 bits per heavy atom. The summed E-state index contributed by atoms with van der Waals surface area (Å²) in [5.41, 5.74) is -0.557. The predicted octanol–water partition coefficient (Wildman–Crippen LogP) is 3.17. The van der Waals surface area contributed by atoms with E-state index in [1.807, 2.05) is 20.8 Å². The summed E-state index contributed by atoms with van der Waals surface area (Å²) in [7, 11) is 1.58. The smallest absolute Gasteiger partial charge is 0.407 e. The fraction of sp³-hybridized carbons (Fsp3) is 0.882. The molecule has 0 aromatic carbocycles. The van der Waals surface area contributed by atoms with Gasteiger partial charge in [0.1, 0.15) is 11.4 Å². The fourth-order valence-corrected chi connectivity index (χ4v) is 2.98. The molecule has 5 nitrogen and oxygen atoms in total. The van der Waals surface area contributed by atoms with Gasteiger partial charge in [0.15, 0.2) is 0 Å². The summed E-state index contributed by atoms with van der Waals surface area (Å²) in [6.07, 6.45) is 1.84. The number of methoxy groups -OCH3 is 1. The lowest BCUT2D eigenvalue weighted by atomic mass is 9.73. The van der Waals surface area contributed by atoms with Gasteiger partial charge in [-0.25, -0.2) is 4.79 Å². The Labute approximate surface area is 134 Å². The van der Waals surface area contributed by atoms with Gasteiger partial charge in [-0.2, -0.15) is 0 Å². The van der Waals surface area contributed by atoms with E-state index in [0.717, 1.165) is 12.8 Å². The third-order valence-electron chi connectivity index (χ3n) is 4.21. The topological polar surface area (TPSA) is 64.6 Å². The van der Waals surface area contributed by atoms with Crippen molar-refractivity contribution in [2.75, 3.05) is 13.7 Å². The van der Waals surface area contributed by atoms with Crippen LogP contribution in [-0.4, -0.2) is 37.2 Å². The van der Waals surface area contributed by atoms with E-state index in [9.17, 15) is 9.59 Å².